The van der Waals surface area contributed by atoms with Crippen LogP contribution >= 0.6 is 11.5 Å². The van der Waals surface area contributed by atoms with Gasteiger partial charge in [-0.1, -0.05) is 18.2 Å². The van der Waals surface area contributed by atoms with Crippen molar-refractivity contribution in [3.63, 3.8) is 0 Å². The molecule has 1 aromatic carbocycles. The maximum Gasteiger partial charge on any atom is 0.329 e. The predicted molar refractivity (Wildman–Crippen MR) is 70.5 cm³/mol. The van der Waals surface area contributed by atoms with E-state index in [9.17, 15) is 8.42 Å². The smallest absolute Gasteiger partial charge is 0.329 e. The molecule has 0 aliphatic carbocycles. The van der Waals surface area contributed by atoms with Crippen LogP contribution in [0.15, 0.2) is 34.7 Å². The van der Waals surface area contributed by atoms with E-state index in [0.717, 1.165) is 11.5 Å². The van der Waals surface area contributed by atoms with Crippen molar-refractivity contribution in [2.45, 2.75) is 4.34 Å². The number of para-hydroxylation sites is 1. The summed E-state index contributed by atoms with van der Waals surface area (Å²) >= 11 is 0.798. The van der Waals surface area contributed by atoms with Gasteiger partial charge in [-0.15, -0.1) is 4.37 Å². The van der Waals surface area contributed by atoms with Crippen molar-refractivity contribution >= 4 is 21.4 Å². The van der Waals surface area contributed by atoms with Crippen molar-refractivity contribution in [3.05, 3.63) is 30.3 Å². The molecular formula is C11H12N2O4S2. The maximum atomic E-state index is 11.9. The van der Waals surface area contributed by atoms with Crippen LogP contribution in [0.2, 0.25) is 0 Å². The molecule has 0 aliphatic rings. The monoisotopic (exact) mass is 300 g/mol. The van der Waals surface area contributed by atoms with Gasteiger partial charge in [-0.3, -0.25) is 0 Å². The molecule has 1 heterocycles. The van der Waals surface area contributed by atoms with Gasteiger partial charge in [0.1, 0.15) is 12.4 Å². The Bertz CT molecular complexity index is 625. The van der Waals surface area contributed by atoms with Crippen LogP contribution in [0.5, 0.6) is 11.8 Å². The Morgan fingerprint density at radius 1 is 1.26 bits per heavy atom. The number of benzene rings is 1. The summed E-state index contributed by atoms with van der Waals surface area (Å²) in [7, 11) is -2.09. The van der Waals surface area contributed by atoms with Crippen molar-refractivity contribution < 1.29 is 17.9 Å². The first kappa shape index (κ1) is 13.8. The van der Waals surface area contributed by atoms with Crippen molar-refractivity contribution in [3.8, 4) is 11.8 Å². The fourth-order valence-electron chi connectivity index (χ4n) is 1.28. The summed E-state index contributed by atoms with van der Waals surface area (Å²) in [5, 5.41) is 0. The average Bonchev–Trinajstić information content (AvgIpc) is 2.89. The second kappa shape index (κ2) is 5.98. The van der Waals surface area contributed by atoms with Gasteiger partial charge in [-0.05, 0) is 12.1 Å². The van der Waals surface area contributed by atoms with Gasteiger partial charge in [-0.2, -0.15) is 4.98 Å². The van der Waals surface area contributed by atoms with E-state index >= 15 is 0 Å². The normalized spacial score (nSPS) is 11.2. The molecule has 2 aromatic rings. The topological polar surface area (TPSA) is 78.4 Å². The van der Waals surface area contributed by atoms with E-state index in [1.807, 2.05) is 18.2 Å². The lowest BCUT2D eigenvalue weighted by Crippen LogP contribution is -2.14. The number of aromatic nitrogens is 2. The van der Waals surface area contributed by atoms with Gasteiger partial charge < -0.3 is 9.47 Å². The Kier molecular flexibility index (Phi) is 4.33. The fourth-order valence-corrected chi connectivity index (χ4v) is 3.18. The van der Waals surface area contributed by atoms with E-state index in [0.29, 0.717) is 5.75 Å². The molecule has 0 saturated heterocycles. The molecule has 102 valence electrons. The molecule has 6 nitrogen and oxygen atoms in total. The third-order valence-corrected chi connectivity index (χ3v) is 5.01. The Hall–Kier alpha value is -1.67. The molecule has 0 aliphatic heterocycles. The zero-order chi connectivity index (χ0) is 13.7. The molecule has 0 amide bonds. The maximum absolute atomic E-state index is 11.9. The molecule has 0 unspecified atom stereocenters. The number of rotatable bonds is 6. The van der Waals surface area contributed by atoms with Gasteiger partial charge in [0.05, 0.1) is 12.9 Å². The van der Waals surface area contributed by atoms with Crippen LogP contribution in [0.3, 0.4) is 0 Å². The van der Waals surface area contributed by atoms with E-state index in [4.69, 9.17) is 9.47 Å². The highest BCUT2D eigenvalue weighted by molar-refractivity contribution is 7.93. The molecule has 0 radical (unpaired) electrons. The molecule has 1 aromatic heterocycles. The van der Waals surface area contributed by atoms with Gasteiger partial charge in [0.15, 0.2) is 0 Å². The van der Waals surface area contributed by atoms with Crippen LogP contribution in [0.4, 0.5) is 0 Å². The van der Waals surface area contributed by atoms with Crippen molar-refractivity contribution in [1.29, 1.82) is 0 Å². The zero-order valence-corrected chi connectivity index (χ0v) is 11.8. The number of hydrogen-bond donors (Lipinski definition) is 0. The lowest BCUT2D eigenvalue weighted by molar-refractivity contribution is 0.340. The number of hydrogen-bond acceptors (Lipinski definition) is 7. The Labute approximate surface area is 115 Å². The second-order valence-corrected chi connectivity index (χ2v) is 6.56. The van der Waals surface area contributed by atoms with E-state index < -0.39 is 9.84 Å². The van der Waals surface area contributed by atoms with Gasteiger partial charge in [0.25, 0.3) is 0 Å². The summed E-state index contributed by atoms with van der Waals surface area (Å²) in [6.07, 6.45) is 0. The number of nitrogens with zero attached hydrogens (tertiary/aromatic N) is 2. The van der Waals surface area contributed by atoms with E-state index in [-0.39, 0.29) is 22.7 Å². The third-order valence-electron chi connectivity index (χ3n) is 2.20. The highest BCUT2D eigenvalue weighted by atomic mass is 32.2. The molecule has 0 fully saturated rings. The average molecular weight is 300 g/mol. The van der Waals surface area contributed by atoms with Crippen LogP contribution in [0, 0.1) is 0 Å². The lowest BCUT2D eigenvalue weighted by atomic mass is 10.3. The highest BCUT2D eigenvalue weighted by Gasteiger charge is 2.20. The van der Waals surface area contributed by atoms with Crippen LogP contribution in [-0.2, 0) is 9.84 Å². The zero-order valence-electron chi connectivity index (χ0n) is 10.1. The van der Waals surface area contributed by atoms with Gasteiger partial charge in [0.2, 0.25) is 14.2 Å². The lowest BCUT2D eigenvalue weighted by Gasteiger charge is -2.04. The van der Waals surface area contributed by atoms with Crippen molar-refractivity contribution in [2.75, 3.05) is 19.5 Å². The van der Waals surface area contributed by atoms with E-state index in [1.165, 1.54) is 7.11 Å². The summed E-state index contributed by atoms with van der Waals surface area (Å²) < 4.78 is 37.6. The van der Waals surface area contributed by atoms with Crippen LogP contribution in [-0.4, -0.2) is 37.2 Å². The number of sulfone groups is 1. The Balaban J connectivity index is 1.94. The minimum atomic E-state index is -3.48. The van der Waals surface area contributed by atoms with E-state index in [1.54, 1.807) is 12.1 Å². The number of methoxy groups -OCH3 is 1. The summed E-state index contributed by atoms with van der Waals surface area (Å²) in [6.45, 7) is 0.0637. The first-order valence-electron chi connectivity index (χ1n) is 5.40. The molecule has 0 saturated carbocycles. The predicted octanol–water partition coefficient (Wildman–Crippen LogP) is 1.40. The molecule has 8 heteroatoms. The SMILES string of the molecule is COc1nsc(S(=O)(=O)CCOc2ccccc2)n1. The quantitative estimate of drug-likeness (QED) is 0.802. The molecular weight excluding hydrogens is 288 g/mol. The van der Waals surface area contributed by atoms with Crippen molar-refractivity contribution in [1.82, 2.24) is 9.36 Å². The molecule has 0 spiro atoms. The van der Waals surface area contributed by atoms with Gasteiger partial charge in [-0.25, -0.2) is 8.42 Å². The third kappa shape index (κ3) is 3.65. The minimum absolute atomic E-state index is 0.0546. The number of ether oxygens (including phenoxy) is 2. The molecule has 0 N–H and O–H groups in total. The summed E-state index contributed by atoms with van der Waals surface area (Å²) in [6, 6.07) is 9.09. The summed E-state index contributed by atoms with van der Waals surface area (Å²) in [5.41, 5.74) is 0. The summed E-state index contributed by atoms with van der Waals surface area (Å²) in [4.78, 5) is 3.77. The molecule has 0 bridgehead atoms. The summed E-state index contributed by atoms with van der Waals surface area (Å²) in [5.74, 6) is 0.479. The molecule has 2 rings (SSSR count). The fraction of sp³-hybridized carbons (Fsp3) is 0.273. The van der Waals surface area contributed by atoms with Crippen molar-refractivity contribution in [2.24, 2.45) is 0 Å². The van der Waals surface area contributed by atoms with Crippen LogP contribution < -0.4 is 9.47 Å². The molecule has 19 heavy (non-hydrogen) atoms. The second-order valence-electron chi connectivity index (χ2n) is 3.53. The minimum Gasteiger partial charge on any atom is -0.493 e. The largest absolute Gasteiger partial charge is 0.493 e. The van der Waals surface area contributed by atoms with Crippen LogP contribution in [0.1, 0.15) is 0 Å². The standard InChI is InChI=1S/C11H12N2O4S2/c1-16-10-12-11(18-13-10)19(14,15)8-7-17-9-5-3-2-4-6-9/h2-6H,7-8H2,1H3. The van der Waals surface area contributed by atoms with E-state index in [2.05, 4.69) is 9.36 Å². The first-order valence-corrected chi connectivity index (χ1v) is 7.83. The first-order chi connectivity index (χ1) is 9.12. The highest BCUT2D eigenvalue weighted by Crippen LogP contribution is 2.17. The Morgan fingerprint density at radius 2 is 2.00 bits per heavy atom. The Morgan fingerprint density at radius 3 is 2.63 bits per heavy atom. The van der Waals surface area contributed by atoms with Gasteiger partial charge >= 0.3 is 6.01 Å². The van der Waals surface area contributed by atoms with Gasteiger partial charge in [0, 0.05) is 11.5 Å². The van der Waals surface area contributed by atoms with Crippen LogP contribution in [0.25, 0.3) is 0 Å². The molecule has 0 atom stereocenters.